The first-order chi connectivity index (χ1) is 14.1. The molecule has 6 heteroatoms. The molecule has 0 bridgehead atoms. The molecule has 2 heterocycles. The third kappa shape index (κ3) is 5.95. The Hall–Kier alpha value is -2.08. The molecule has 2 aliphatic rings. The van der Waals surface area contributed by atoms with E-state index in [1.54, 1.807) is 0 Å². The largest absolute Gasteiger partial charge is 0.356 e. The van der Waals surface area contributed by atoms with Crippen LogP contribution in [0.1, 0.15) is 51.5 Å². The van der Waals surface area contributed by atoms with Crippen molar-refractivity contribution in [1.82, 2.24) is 20.4 Å². The number of likely N-dealkylation sites (tertiary alicyclic amines) is 2. The maximum absolute atomic E-state index is 12.0. The van der Waals surface area contributed by atoms with Crippen LogP contribution in [0.25, 0.3) is 0 Å². The molecular weight excluding hydrogens is 362 g/mol. The van der Waals surface area contributed by atoms with E-state index in [0.717, 1.165) is 57.8 Å². The number of aliphatic imine (C=N–C) groups is 1. The molecule has 2 aliphatic heterocycles. The Balaban J connectivity index is 1.43. The van der Waals surface area contributed by atoms with E-state index >= 15 is 0 Å². The second-order valence-electron chi connectivity index (χ2n) is 8.38. The summed E-state index contributed by atoms with van der Waals surface area (Å²) in [6.45, 7) is 8.24. The van der Waals surface area contributed by atoms with Crippen molar-refractivity contribution >= 4 is 11.9 Å². The number of carbonyl (C=O) groups excluding carboxylic acids is 1. The predicted molar refractivity (Wildman–Crippen MR) is 119 cm³/mol. The van der Waals surface area contributed by atoms with Gasteiger partial charge in [-0.05, 0) is 38.2 Å². The van der Waals surface area contributed by atoms with Crippen LogP contribution in [0.15, 0.2) is 35.3 Å². The first-order valence-corrected chi connectivity index (χ1v) is 11.1. The Morgan fingerprint density at radius 1 is 1.31 bits per heavy atom. The average Bonchev–Trinajstić information content (AvgIpc) is 3.30. The van der Waals surface area contributed by atoms with Gasteiger partial charge in [0.2, 0.25) is 5.91 Å². The molecule has 1 amide bonds. The van der Waals surface area contributed by atoms with Crippen LogP contribution >= 0.6 is 0 Å². The van der Waals surface area contributed by atoms with Gasteiger partial charge < -0.3 is 15.5 Å². The Labute approximate surface area is 175 Å². The van der Waals surface area contributed by atoms with Crippen LogP contribution in [-0.2, 0) is 11.3 Å². The smallest absolute Gasteiger partial charge is 0.222 e. The summed E-state index contributed by atoms with van der Waals surface area (Å²) in [4.78, 5) is 21.0. The van der Waals surface area contributed by atoms with Crippen LogP contribution in [0.2, 0.25) is 0 Å². The molecule has 160 valence electrons. The van der Waals surface area contributed by atoms with Gasteiger partial charge in [-0.1, -0.05) is 37.3 Å². The highest BCUT2D eigenvalue weighted by molar-refractivity contribution is 5.80. The summed E-state index contributed by atoms with van der Waals surface area (Å²) in [6.07, 6.45) is 4.81. The topological polar surface area (TPSA) is 60.0 Å². The maximum atomic E-state index is 12.0. The van der Waals surface area contributed by atoms with E-state index in [1.165, 1.54) is 5.56 Å². The van der Waals surface area contributed by atoms with E-state index in [9.17, 15) is 4.79 Å². The highest BCUT2D eigenvalue weighted by Crippen LogP contribution is 2.20. The van der Waals surface area contributed by atoms with Gasteiger partial charge >= 0.3 is 0 Å². The Kier molecular flexibility index (Phi) is 7.92. The third-order valence-corrected chi connectivity index (χ3v) is 6.29. The zero-order valence-corrected chi connectivity index (χ0v) is 18.2. The van der Waals surface area contributed by atoms with Crippen molar-refractivity contribution in [2.24, 2.45) is 4.99 Å². The lowest BCUT2D eigenvalue weighted by molar-refractivity contribution is -0.129. The van der Waals surface area contributed by atoms with E-state index in [-0.39, 0.29) is 0 Å². The van der Waals surface area contributed by atoms with Gasteiger partial charge in [-0.3, -0.25) is 14.7 Å². The number of carbonyl (C=O) groups is 1. The summed E-state index contributed by atoms with van der Waals surface area (Å²) < 4.78 is 0. The van der Waals surface area contributed by atoms with Gasteiger partial charge in [-0.2, -0.15) is 0 Å². The van der Waals surface area contributed by atoms with Crippen LogP contribution in [0, 0.1) is 0 Å². The molecule has 1 aromatic carbocycles. The second-order valence-corrected chi connectivity index (χ2v) is 8.38. The maximum Gasteiger partial charge on any atom is 0.222 e. The van der Waals surface area contributed by atoms with Crippen LogP contribution in [0.4, 0.5) is 0 Å². The number of guanidine groups is 1. The minimum absolute atomic E-state index is 0.317. The summed E-state index contributed by atoms with van der Waals surface area (Å²) in [5.74, 6) is 1.18. The Morgan fingerprint density at radius 3 is 2.76 bits per heavy atom. The van der Waals surface area contributed by atoms with E-state index in [4.69, 9.17) is 0 Å². The number of nitrogens with one attached hydrogen (secondary N) is 2. The molecule has 3 rings (SSSR count). The molecule has 0 saturated carbocycles. The average molecular weight is 400 g/mol. The van der Waals surface area contributed by atoms with Gasteiger partial charge in [0.05, 0.1) is 0 Å². The summed E-state index contributed by atoms with van der Waals surface area (Å²) in [5.41, 5.74) is 1.37. The molecule has 0 aliphatic carbocycles. The standard InChI is InChI=1S/C23H37N5O/c1-4-21(28-14-8-11-22(28)29)12-13-25-23(24-3)26-20-15-18(2)27(17-20)16-19-9-6-5-7-10-19/h5-7,9-10,18,20-21H,4,8,11-17H2,1-3H3,(H2,24,25,26). The normalized spacial score (nSPS) is 24.2. The molecule has 6 nitrogen and oxygen atoms in total. The number of hydrogen-bond acceptors (Lipinski definition) is 3. The fourth-order valence-electron chi connectivity index (χ4n) is 4.62. The molecule has 0 spiro atoms. The highest BCUT2D eigenvalue weighted by Gasteiger charge is 2.30. The van der Waals surface area contributed by atoms with Crippen molar-refractivity contribution in [2.45, 2.75) is 70.6 Å². The molecule has 2 saturated heterocycles. The molecular formula is C23H37N5O. The van der Waals surface area contributed by atoms with Gasteiger partial charge in [0.15, 0.2) is 5.96 Å². The van der Waals surface area contributed by atoms with Gasteiger partial charge in [-0.15, -0.1) is 0 Å². The fourth-order valence-corrected chi connectivity index (χ4v) is 4.62. The Bertz CT molecular complexity index is 677. The van der Waals surface area contributed by atoms with Gasteiger partial charge in [0.25, 0.3) is 0 Å². The van der Waals surface area contributed by atoms with Crippen LogP contribution in [0.5, 0.6) is 0 Å². The number of benzene rings is 1. The number of rotatable bonds is 8. The second kappa shape index (κ2) is 10.6. The van der Waals surface area contributed by atoms with Crippen molar-refractivity contribution in [3.8, 4) is 0 Å². The van der Waals surface area contributed by atoms with Gasteiger partial charge in [0, 0.05) is 57.8 Å². The molecule has 2 fully saturated rings. The van der Waals surface area contributed by atoms with Crippen molar-refractivity contribution in [2.75, 3.05) is 26.7 Å². The first-order valence-electron chi connectivity index (χ1n) is 11.1. The van der Waals surface area contributed by atoms with Crippen LogP contribution in [-0.4, -0.2) is 66.5 Å². The number of nitrogens with zero attached hydrogens (tertiary/aromatic N) is 3. The van der Waals surface area contributed by atoms with E-state index in [2.05, 4.69) is 69.6 Å². The van der Waals surface area contributed by atoms with Crippen molar-refractivity contribution in [3.05, 3.63) is 35.9 Å². The van der Waals surface area contributed by atoms with Crippen molar-refractivity contribution in [1.29, 1.82) is 0 Å². The molecule has 0 radical (unpaired) electrons. The quantitative estimate of drug-likeness (QED) is 0.521. The molecule has 0 aromatic heterocycles. The first kappa shape index (κ1) is 21.6. The highest BCUT2D eigenvalue weighted by atomic mass is 16.2. The lowest BCUT2D eigenvalue weighted by Crippen LogP contribution is -2.46. The summed E-state index contributed by atoms with van der Waals surface area (Å²) in [5, 5.41) is 7.06. The lowest BCUT2D eigenvalue weighted by atomic mass is 10.1. The molecule has 29 heavy (non-hydrogen) atoms. The molecule has 3 atom stereocenters. The zero-order chi connectivity index (χ0) is 20.6. The van der Waals surface area contributed by atoms with Crippen molar-refractivity contribution in [3.63, 3.8) is 0 Å². The van der Waals surface area contributed by atoms with E-state index < -0.39 is 0 Å². The number of amides is 1. The number of hydrogen-bond donors (Lipinski definition) is 2. The van der Waals surface area contributed by atoms with E-state index in [1.807, 2.05) is 7.05 Å². The van der Waals surface area contributed by atoms with Crippen LogP contribution in [0.3, 0.4) is 0 Å². The molecule has 2 N–H and O–H groups in total. The van der Waals surface area contributed by atoms with Gasteiger partial charge in [0.1, 0.15) is 0 Å². The fraction of sp³-hybridized carbons (Fsp3) is 0.652. The predicted octanol–water partition coefficient (Wildman–Crippen LogP) is 2.61. The minimum atomic E-state index is 0.317. The van der Waals surface area contributed by atoms with Crippen LogP contribution < -0.4 is 10.6 Å². The summed E-state index contributed by atoms with van der Waals surface area (Å²) in [6, 6.07) is 12.0. The van der Waals surface area contributed by atoms with Gasteiger partial charge in [-0.25, -0.2) is 0 Å². The Morgan fingerprint density at radius 2 is 2.10 bits per heavy atom. The lowest BCUT2D eigenvalue weighted by Gasteiger charge is -2.27. The van der Waals surface area contributed by atoms with Crippen molar-refractivity contribution < 1.29 is 4.79 Å². The third-order valence-electron chi connectivity index (χ3n) is 6.29. The minimum Gasteiger partial charge on any atom is -0.356 e. The van der Waals surface area contributed by atoms with E-state index in [0.29, 0.717) is 30.5 Å². The zero-order valence-electron chi connectivity index (χ0n) is 18.2. The monoisotopic (exact) mass is 399 g/mol. The summed E-state index contributed by atoms with van der Waals surface area (Å²) >= 11 is 0. The summed E-state index contributed by atoms with van der Waals surface area (Å²) in [7, 11) is 1.83. The molecule has 3 unspecified atom stereocenters. The SMILES string of the molecule is CCC(CCNC(=NC)NC1CC(C)N(Cc2ccccc2)C1)N1CCCC1=O. The molecule has 1 aromatic rings.